The minimum Gasteiger partial charge on any atom is -0.504 e. The van der Waals surface area contributed by atoms with Crippen LogP contribution in [0.25, 0.3) is 0 Å². The van der Waals surface area contributed by atoms with Crippen LogP contribution < -0.4 is 4.72 Å². The zero-order chi connectivity index (χ0) is 14.0. The molecule has 0 atom stereocenters. The normalized spacial score (nSPS) is 11.3. The summed E-state index contributed by atoms with van der Waals surface area (Å²) in [7, 11) is -3.88. The van der Waals surface area contributed by atoms with E-state index in [-0.39, 0.29) is 26.4 Å². The van der Waals surface area contributed by atoms with Crippen LogP contribution >= 0.6 is 23.2 Å². The number of phenolic OH excluding ortho intramolecular Hbond substituents is 1. The molecule has 2 aromatic carbocycles. The highest BCUT2D eigenvalue weighted by Gasteiger charge is 2.19. The van der Waals surface area contributed by atoms with Crippen LogP contribution in [0.15, 0.2) is 47.4 Å². The molecule has 0 fully saturated rings. The van der Waals surface area contributed by atoms with Gasteiger partial charge in [0, 0.05) is 0 Å². The Morgan fingerprint density at radius 3 is 2.26 bits per heavy atom. The molecule has 19 heavy (non-hydrogen) atoms. The standard InChI is InChI=1S/C12H9Cl2NO3S/c13-8-4-1-2-7-11(8)19(17,18)15-10-6-3-5-9(14)12(10)16/h1-7,15-16H. The molecule has 0 spiro atoms. The molecule has 7 heteroatoms. The van der Waals surface area contributed by atoms with Gasteiger partial charge in [-0.3, -0.25) is 4.72 Å². The summed E-state index contributed by atoms with van der Waals surface area (Å²) in [5.41, 5.74) is -0.00702. The van der Waals surface area contributed by atoms with Gasteiger partial charge in [-0.25, -0.2) is 8.42 Å². The van der Waals surface area contributed by atoms with Crippen molar-refractivity contribution in [2.75, 3.05) is 4.72 Å². The number of phenols is 1. The summed E-state index contributed by atoms with van der Waals surface area (Å²) in [6.07, 6.45) is 0. The van der Waals surface area contributed by atoms with Crippen LogP contribution in [0.1, 0.15) is 0 Å². The number of hydrogen-bond donors (Lipinski definition) is 2. The van der Waals surface area contributed by atoms with E-state index in [1.165, 1.54) is 30.3 Å². The largest absolute Gasteiger partial charge is 0.504 e. The number of halogens is 2. The molecule has 0 heterocycles. The lowest BCUT2D eigenvalue weighted by Gasteiger charge is -2.11. The molecule has 0 aliphatic rings. The summed E-state index contributed by atoms with van der Waals surface area (Å²) < 4.78 is 26.5. The van der Waals surface area contributed by atoms with Crippen molar-refractivity contribution in [3.8, 4) is 5.75 Å². The van der Waals surface area contributed by atoms with E-state index in [4.69, 9.17) is 23.2 Å². The van der Waals surface area contributed by atoms with Gasteiger partial charge in [-0.15, -0.1) is 0 Å². The van der Waals surface area contributed by atoms with Crippen LogP contribution in [0.2, 0.25) is 10.0 Å². The van der Waals surface area contributed by atoms with Crippen LogP contribution in [0.3, 0.4) is 0 Å². The second-order valence-corrected chi connectivity index (χ2v) is 6.14. The smallest absolute Gasteiger partial charge is 0.263 e. The molecule has 0 aromatic heterocycles. The van der Waals surface area contributed by atoms with Crippen LogP contribution in [0.4, 0.5) is 5.69 Å². The van der Waals surface area contributed by atoms with Gasteiger partial charge in [0.25, 0.3) is 10.0 Å². The van der Waals surface area contributed by atoms with Crippen LogP contribution in [0, 0.1) is 0 Å². The second-order valence-electron chi connectivity index (χ2n) is 3.67. The molecule has 0 radical (unpaired) electrons. The predicted octanol–water partition coefficient (Wildman–Crippen LogP) is 3.50. The molecular weight excluding hydrogens is 309 g/mol. The van der Waals surface area contributed by atoms with Gasteiger partial charge in [0.05, 0.1) is 15.7 Å². The molecule has 0 saturated carbocycles. The minimum absolute atomic E-state index is 0.00702. The maximum atomic E-state index is 12.1. The number of aromatic hydroxyl groups is 1. The summed E-state index contributed by atoms with van der Waals surface area (Å²) >= 11 is 11.5. The average Bonchev–Trinajstić information content (AvgIpc) is 2.35. The summed E-state index contributed by atoms with van der Waals surface area (Å²) in [5, 5.41) is 9.83. The maximum Gasteiger partial charge on any atom is 0.263 e. The number of nitrogens with one attached hydrogen (secondary N) is 1. The van der Waals surface area contributed by atoms with Crippen molar-refractivity contribution in [3.63, 3.8) is 0 Å². The number of rotatable bonds is 3. The van der Waals surface area contributed by atoms with Crippen molar-refractivity contribution in [1.29, 1.82) is 0 Å². The SMILES string of the molecule is O=S(=O)(Nc1cccc(Cl)c1O)c1ccccc1Cl. The molecule has 0 bridgehead atoms. The quantitative estimate of drug-likeness (QED) is 0.851. The van der Waals surface area contributed by atoms with E-state index in [2.05, 4.69) is 4.72 Å². The summed E-state index contributed by atoms with van der Waals surface area (Å²) in [4.78, 5) is -0.0731. The second kappa shape index (κ2) is 5.28. The van der Waals surface area contributed by atoms with E-state index in [1.807, 2.05) is 0 Å². The number of para-hydroxylation sites is 1. The monoisotopic (exact) mass is 317 g/mol. The Bertz CT molecular complexity index is 717. The molecule has 2 N–H and O–H groups in total. The average molecular weight is 318 g/mol. The summed E-state index contributed by atoms with van der Waals surface area (Å²) in [5.74, 6) is -0.334. The molecule has 2 rings (SSSR count). The Balaban J connectivity index is 2.43. The maximum absolute atomic E-state index is 12.1. The third kappa shape index (κ3) is 2.94. The Labute approximate surface area is 120 Å². The zero-order valence-electron chi connectivity index (χ0n) is 9.47. The summed E-state index contributed by atoms with van der Waals surface area (Å²) in [6.45, 7) is 0. The van der Waals surface area contributed by atoms with Crippen molar-refractivity contribution in [2.45, 2.75) is 4.90 Å². The first kappa shape index (κ1) is 14.0. The molecular formula is C12H9Cl2NO3S. The fourth-order valence-corrected chi connectivity index (χ4v) is 3.22. The van der Waals surface area contributed by atoms with Gasteiger partial charge >= 0.3 is 0 Å². The molecule has 0 unspecified atom stereocenters. The highest BCUT2D eigenvalue weighted by Crippen LogP contribution is 2.33. The molecule has 0 saturated heterocycles. The lowest BCUT2D eigenvalue weighted by atomic mass is 10.3. The Morgan fingerprint density at radius 2 is 1.58 bits per heavy atom. The highest BCUT2D eigenvalue weighted by molar-refractivity contribution is 7.92. The molecule has 4 nitrogen and oxygen atoms in total. The Morgan fingerprint density at radius 1 is 0.947 bits per heavy atom. The van der Waals surface area contributed by atoms with E-state index >= 15 is 0 Å². The van der Waals surface area contributed by atoms with Crippen LogP contribution in [0.5, 0.6) is 5.75 Å². The van der Waals surface area contributed by atoms with Gasteiger partial charge in [-0.1, -0.05) is 41.4 Å². The third-order valence-electron chi connectivity index (χ3n) is 2.36. The van der Waals surface area contributed by atoms with Gasteiger partial charge in [0.1, 0.15) is 4.90 Å². The molecule has 100 valence electrons. The number of sulfonamides is 1. The number of hydrogen-bond acceptors (Lipinski definition) is 3. The lowest BCUT2D eigenvalue weighted by molar-refractivity contribution is 0.478. The van der Waals surface area contributed by atoms with Gasteiger partial charge in [-0.2, -0.15) is 0 Å². The van der Waals surface area contributed by atoms with Crippen molar-refractivity contribution in [2.24, 2.45) is 0 Å². The van der Waals surface area contributed by atoms with E-state index in [9.17, 15) is 13.5 Å². The Kier molecular flexibility index (Phi) is 3.89. The van der Waals surface area contributed by atoms with Gasteiger partial charge in [0.15, 0.2) is 5.75 Å². The minimum atomic E-state index is -3.88. The van der Waals surface area contributed by atoms with Crippen LogP contribution in [-0.2, 0) is 10.0 Å². The van der Waals surface area contributed by atoms with E-state index in [1.54, 1.807) is 12.1 Å². The topological polar surface area (TPSA) is 66.4 Å². The summed E-state index contributed by atoms with van der Waals surface area (Å²) in [6, 6.07) is 10.4. The third-order valence-corrected chi connectivity index (χ3v) is 4.53. The van der Waals surface area contributed by atoms with Crippen molar-refractivity contribution in [1.82, 2.24) is 0 Å². The first-order valence-corrected chi connectivity index (χ1v) is 7.40. The highest BCUT2D eigenvalue weighted by atomic mass is 35.5. The predicted molar refractivity (Wildman–Crippen MR) is 75.4 cm³/mol. The molecule has 0 aliphatic heterocycles. The fraction of sp³-hybridized carbons (Fsp3) is 0. The van der Waals surface area contributed by atoms with Crippen molar-refractivity contribution in [3.05, 3.63) is 52.5 Å². The van der Waals surface area contributed by atoms with E-state index < -0.39 is 10.0 Å². The fourth-order valence-electron chi connectivity index (χ4n) is 1.46. The van der Waals surface area contributed by atoms with Crippen LogP contribution in [-0.4, -0.2) is 13.5 Å². The van der Waals surface area contributed by atoms with Gasteiger partial charge in [-0.05, 0) is 24.3 Å². The van der Waals surface area contributed by atoms with Gasteiger partial charge in [0.2, 0.25) is 0 Å². The number of benzene rings is 2. The van der Waals surface area contributed by atoms with E-state index in [0.29, 0.717) is 0 Å². The van der Waals surface area contributed by atoms with E-state index in [0.717, 1.165) is 0 Å². The Hall–Kier alpha value is -1.43. The molecule has 0 aliphatic carbocycles. The first-order valence-electron chi connectivity index (χ1n) is 5.16. The van der Waals surface area contributed by atoms with Crippen molar-refractivity contribution >= 4 is 38.9 Å². The zero-order valence-corrected chi connectivity index (χ0v) is 11.8. The first-order chi connectivity index (χ1) is 8.92. The van der Waals surface area contributed by atoms with Crippen molar-refractivity contribution < 1.29 is 13.5 Å². The number of anilines is 1. The molecule has 0 amide bonds. The molecule has 2 aromatic rings. The van der Waals surface area contributed by atoms with Gasteiger partial charge < -0.3 is 5.11 Å². The lowest BCUT2D eigenvalue weighted by Crippen LogP contribution is -2.13.